The molecule has 0 bridgehead atoms. The van der Waals surface area contributed by atoms with Crippen LogP contribution in [0, 0.1) is 11.3 Å². The zero-order valence-electron chi connectivity index (χ0n) is 12.7. The first-order valence-electron chi connectivity index (χ1n) is 7.27. The van der Waals surface area contributed by atoms with E-state index in [1.807, 2.05) is 0 Å². The van der Waals surface area contributed by atoms with Crippen molar-refractivity contribution < 1.29 is 0 Å². The Morgan fingerprint density at radius 1 is 1.29 bits per heavy atom. The Hall–Kier alpha value is -0.0800. The van der Waals surface area contributed by atoms with Crippen LogP contribution in [0.15, 0.2) is 0 Å². The van der Waals surface area contributed by atoms with Gasteiger partial charge in [-0.05, 0) is 44.2 Å². The highest BCUT2D eigenvalue weighted by atomic mass is 15.2. The molecule has 1 N–H and O–H groups in total. The minimum Gasteiger partial charge on any atom is -0.312 e. The highest BCUT2D eigenvalue weighted by Gasteiger charge is 2.25. The molecule has 0 aromatic heterocycles. The van der Waals surface area contributed by atoms with Gasteiger partial charge in [-0.2, -0.15) is 0 Å². The number of rotatable bonds is 3. The van der Waals surface area contributed by atoms with Gasteiger partial charge in [-0.15, -0.1) is 0 Å². The number of nitrogens with zero attached hydrogens (tertiary/aromatic N) is 1. The van der Waals surface area contributed by atoms with Crippen LogP contribution in [0.4, 0.5) is 0 Å². The SMILES string of the molecule is CC(C)C1CN(CCC(C)(C)C)C(C)CCN1. The van der Waals surface area contributed by atoms with Crippen molar-refractivity contribution in [3.63, 3.8) is 0 Å². The topological polar surface area (TPSA) is 15.3 Å². The van der Waals surface area contributed by atoms with E-state index in [9.17, 15) is 0 Å². The Morgan fingerprint density at radius 3 is 2.47 bits per heavy atom. The molecule has 2 atom stereocenters. The van der Waals surface area contributed by atoms with Crippen LogP contribution < -0.4 is 5.32 Å². The molecule has 17 heavy (non-hydrogen) atoms. The van der Waals surface area contributed by atoms with Gasteiger partial charge in [0.2, 0.25) is 0 Å². The quantitative estimate of drug-likeness (QED) is 0.815. The molecule has 1 heterocycles. The van der Waals surface area contributed by atoms with Crippen LogP contribution >= 0.6 is 0 Å². The minimum absolute atomic E-state index is 0.451. The molecule has 0 spiro atoms. The average Bonchev–Trinajstić information content (AvgIpc) is 2.36. The second-order valence-corrected chi connectivity index (χ2v) is 7.25. The lowest BCUT2D eigenvalue weighted by Crippen LogP contribution is -2.43. The van der Waals surface area contributed by atoms with Crippen LogP contribution in [0.2, 0.25) is 0 Å². The molecular weight excluding hydrogens is 208 g/mol. The summed E-state index contributed by atoms with van der Waals surface area (Å²) in [5.74, 6) is 0.734. The standard InChI is InChI=1S/C15H32N2/c1-12(2)14-11-17(10-8-15(4,5)6)13(3)7-9-16-14/h12-14,16H,7-11H2,1-6H3. The van der Waals surface area contributed by atoms with E-state index < -0.39 is 0 Å². The van der Waals surface area contributed by atoms with Crippen LogP contribution in [0.1, 0.15) is 54.4 Å². The van der Waals surface area contributed by atoms with E-state index in [1.54, 1.807) is 0 Å². The summed E-state index contributed by atoms with van der Waals surface area (Å²) in [6.45, 7) is 17.7. The van der Waals surface area contributed by atoms with E-state index in [0.29, 0.717) is 11.5 Å². The molecule has 0 aromatic carbocycles. The van der Waals surface area contributed by atoms with Crippen molar-refractivity contribution in [2.45, 2.75) is 66.5 Å². The van der Waals surface area contributed by atoms with Gasteiger partial charge in [0, 0.05) is 18.6 Å². The molecule has 0 radical (unpaired) electrons. The maximum absolute atomic E-state index is 3.70. The zero-order valence-corrected chi connectivity index (χ0v) is 12.7. The summed E-state index contributed by atoms with van der Waals surface area (Å²) < 4.78 is 0. The van der Waals surface area contributed by atoms with Gasteiger partial charge in [0.15, 0.2) is 0 Å². The molecule has 1 fully saturated rings. The molecule has 0 amide bonds. The third-order valence-electron chi connectivity index (χ3n) is 3.98. The van der Waals surface area contributed by atoms with Gasteiger partial charge in [-0.1, -0.05) is 34.6 Å². The lowest BCUT2D eigenvalue weighted by Gasteiger charge is -2.32. The Balaban J connectivity index is 2.53. The molecule has 0 aliphatic carbocycles. The fraction of sp³-hybridized carbons (Fsp3) is 1.00. The van der Waals surface area contributed by atoms with Crippen LogP contribution in [0.25, 0.3) is 0 Å². The average molecular weight is 240 g/mol. The molecule has 2 unspecified atom stereocenters. The molecule has 1 saturated heterocycles. The predicted molar refractivity (Wildman–Crippen MR) is 76.4 cm³/mol. The van der Waals surface area contributed by atoms with Crippen LogP contribution in [0.5, 0.6) is 0 Å². The third-order valence-corrected chi connectivity index (χ3v) is 3.98. The molecule has 1 rings (SSSR count). The van der Waals surface area contributed by atoms with Crippen molar-refractivity contribution in [1.29, 1.82) is 0 Å². The van der Waals surface area contributed by atoms with E-state index in [2.05, 4.69) is 51.8 Å². The van der Waals surface area contributed by atoms with Gasteiger partial charge in [0.25, 0.3) is 0 Å². The summed E-state index contributed by atoms with van der Waals surface area (Å²) in [6.07, 6.45) is 2.58. The summed E-state index contributed by atoms with van der Waals surface area (Å²) >= 11 is 0. The van der Waals surface area contributed by atoms with Crippen molar-refractivity contribution >= 4 is 0 Å². The second kappa shape index (κ2) is 6.19. The predicted octanol–water partition coefficient (Wildman–Crippen LogP) is 3.13. The first kappa shape index (κ1) is 15.0. The van der Waals surface area contributed by atoms with Gasteiger partial charge >= 0.3 is 0 Å². The normalized spacial score (nSPS) is 28.4. The zero-order chi connectivity index (χ0) is 13.1. The van der Waals surface area contributed by atoms with Gasteiger partial charge in [0.1, 0.15) is 0 Å². The maximum atomic E-state index is 3.70. The Kier molecular flexibility index (Phi) is 5.46. The van der Waals surface area contributed by atoms with E-state index in [0.717, 1.165) is 12.0 Å². The summed E-state index contributed by atoms with van der Waals surface area (Å²) in [6, 6.07) is 1.40. The third kappa shape index (κ3) is 5.39. The van der Waals surface area contributed by atoms with Crippen molar-refractivity contribution in [3.8, 4) is 0 Å². The monoisotopic (exact) mass is 240 g/mol. The molecule has 1 aliphatic rings. The Bertz CT molecular complexity index is 217. The molecular formula is C15H32N2. The van der Waals surface area contributed by atoms with Crippen LogP contribution in [-0.4, -0.2) is 36.6 Å². The first-order valence-corrected chi connectivity index (χ1v) is 7.27. The lowest BCUT2D eigenvalue weighted by molar-refractivity contribution is 0.167. The second-order valence-electron chi connectivity index (χ2n) is 7.25. The Morgan fingerprint density at radius 2 is 1.94 bits per heavy atom. The smallest absolute Gasteiger partial charge is 0.0218 e. The molecule has 0 saturated carbocycles. The van der Waals surface area contributed by atoms with Crippen LogP contribution in [0.3, 0.4) is 0 Å². The van der Waals surface area contributed by atoms with Gasteiger partial charge in [0.05, 0.1) is 0 Å². The van der Waals surface area contributed by atoms with Gasteiger partial charge in [-0.25, -0.2) is 0 Å². The summed E-state index contributed by atoms with van der Waals surface area (Å²) in [5.41, 5.74) is 0.451. The van der Waals surface area contributed by atoms with Crippen molar-refractivity contribution in [2.75, 3.05) is 19.6 Å². The van der Waals surface area contributed by atoms with Crippen molar-refractivity contribution in [1.82, 2.24) is 10.2 Å². The molecule has 2 heteroatoms. The van der Waals surface area contributed by atoms with Crippen LogP contribution in [-0.2, 0) is 0 Å². The maximum Gasteiger partial charge on any atom is 0.0218 e. The highest BCUT2D eigenvalue weighted by molar-refractivity contribution is 4.83. The van der Waals surface area contributed by atoms with Gasteiger partial charge in [-0.3, -0.25) is 4.90 Å². The largest absolute Gasteiger partial charge is 0.312 e. The molecule has 2 nitrogen and oxygen atoms in total. The number of hydrogen-bond donors (Lipinski definition) is 1. The summed E-state index contributed by atoms with van der Waals surface area (Å²) in [5, 5.41) is 3.70. The molecule has 0 aromatic rings. The van der Waals surface area contributed by atoms with E-state index in [4.69, 9.17) is 0 Å². The fourth-order valence-electron chi connectivity index (χ4n) is 2.39. The van der Waals surface area contributed by atoms with E-state index in [1.165, 1.54) is 32.5 Å². The van der Waals surface area contributed by atoms with Crippen molar-refractivity contribution in [2.24, 2.45) is 11.3 Å². The molecule has 1 aliphatic heterocycles. The Labute approximate surface area is 108 Å². The number of nitrogens with one attached hydrogen (secondary N) is 1. The van der Waals surface area contributed by atoms with Crippen molar-refractivity contribution in [3.05, 3.63) is 0 Å². The summed E-state index contributed by atoms with van der Waals surface area (Å²) in [7, 11) is 0. The minimum atomic E-state index is 0.451. The lowest BCUT2D eigenvalue weighted by atomic mass is 9.91. The van der Waals surface area contributed by atoms with E-state index in [-0.39, 0.29) is 0 Å². The molecule has 102 valence electrons. The van der Waals surface area contributed by atoms with Gasteiger partial charge < -0.3 is 5.32 Å². The van der Waals surface area contributed by atoms with E-state index >= 15 is 0 Å². The highest BCUT2D eigenvalue weighted by Crippen LogP contribution is 2.21. The fourth-order valence-corrected chi connectivity index (χ4v) is 2.39. The summed E-state index contributed by atoms with van der Waals surface area (Å²) in [4.78, 5) is 2.69. The first-order chi connectivity index (χ1) is 7.79. The number of hydrogen-bond acceptors (Lipinski definition) is 2.